The monoisotopic (exact) mass is 325 g/mol. The van der Waals surface area contributed by atoms with Crippen molar-refractivity contribution in [3.8, 4) is 0 Å². The molecule has 1 aliphatic heterocycles. The van der Waals surface area contributed by atoms with Crippen LogP contribution in [-0.2, 0) is 10.4 Å². The van der Waals surface area contributed by atoms with E-state index in [-0.39, 0.29) is 12.5 Å². The van der Waals surface area contributed by atoms with Gasteiger partial charge < -0.3 is 15.5 Å². The lowest BCUT2D eigenvalue weighted by Crippen LogP contribution is -2.39. The highest BCUT2D eigenvalue weighted by Gasteiger charge is 2.48. The zero-order chi connectivity index (χ0) is 14.0. The Kier molecular flexibility index (Phi) is 4.08. The highest BCUT2D eigenvalue weighted by molar-refractivity contribution is 9.10. The van der Waals surface area contributed by atoms with Crippen LogP contribution < -0.4 is 5.32 Å². The predicted molar refractivity (Wildman–Crippen MR) is 76.7 cm³/mol. The lowest BCUT2D eigenvalue weighted by atomic mass is 9.83. The topological polar surface area (TPSA) is 69.6 Å². The molecule has 19 heavy (non-hydrogen) atoms. The molecule has 1 aliphatic rings. The summed E-state index contributed by atoms with van der Waals surface area (Å²) in [6, 6.07) is 5.33. The van der Waals surface area contributed by atoms with Gasteiger partial charge in [0.1, 0.15) is 0 Å². The summed E-state index contributed by atoms with van der Waals surface area (Å²) in [7, 11) is 0. The van der Waals surface area contributed by atoms with Crippen molar-refractivity contribution in [1.29, 1.82) is 0 Å². The Morgan fingerprint density at radius 1 is 1.53 bits per heavy atom. The number of hydrogen-bond donors (Lipinski definition) is 3. The Labute approximate surface area is 120 Å². The molecule has 1 aromatic carbocycles. The van der Waals surface area contributed by atoms with Gasteiger partial charge in [0.25, 0.3) is 5.91 Å². The van der Waals surface area contributed by atoms with Gasteiger partial charge >= 0.3 is 0 Å². The van der Waals surface area contributed by atoms with Crippen molar-refractivity contribution < 1.29 is 15.0 Å². The maximum absolute atomic E-state index is 12.1. The van der Waals surface area contributed by atoms with Gasteiger partial charge in [-0.1, -0.05) is 35.0 Å². The first kappa shape index (κ1) is 14.2. The molecule has 0 aromatic heterocycles. The molecule has 1 aromatic rings. The molecule has 2 atom stereocenters. The summed E-state index contributed by atoms with van der Waals surface area (Å²) in [5.74, 6) is -0.795. The van der Waals surface area contributed by atoms with Gasteiger partial charge in [0.05, 0.1) is 0 Å². The molecule has 0 saturated heterocycles. The average Bonchev–Trinajstić information content (AvgIpc) is 2.63. The molecule has 0 spiro atoms. The van der Waals surface area contributed by atoms with Crippen molar-refractivity contribution >= 4 is 27.5 Å². The fourth-order valence-electron chi connectivity index (χ4n) is 2.25. The molecule has 3 N–H and O–H groups in total. The number of aliphatic hydroxyl groups is 2. The molecule has 0 saturated carbocycles. The van der Waals surface area contributed by atoms with E-state index in [1.54, 1.807) is 31.2 Å². The normalized spacial score (nSPS) is 23.5. The van der Waals surface area contributed by atoms with Crippen molar-refractivity contribution in [2.45, 2.75) is 18.9 Å². The number of halogens is 1. The quantitative estimate of drug-likeness (QED) is 0.743. The van der Waals surface area contributed by atoms with E-state index in [1.807, 2.05) is 6.07 Å². The Balaban J connectivity index is 2.38. The molecule has 1 amide bonds. The smallest absolute Gasteiger partial charge is 0.261 e. The van der Waals surface area contributed by atoms with E-state index < -0.39 is 11.5 Å². The van der Waals surface area contributed by atoms with Crippen LogP contribution in [0.4, 0.5) is 5.69 Å². The van der Waals surface area contributed by atoms with Crippen molar-refractivity contribution in [1.82, 2.24) is 0 Å². The summed E-state index contributed by atoms with van der Waals surface area (Å²) in [5, 5.41) is 22.2. The first-order chi connectivity index (χ1) is 9.00. The molecule has 0 aliphatic carbocycles. The maximum Gasteiger partial charge on any atom is 0.261 e. The van der Waals surface area contributed by atoms with E-state index in [0.29, 0.717) is 17.7 Å². The Morgan fingerprint density at radius 2 is 2.26 bits per heavy atom. The summed E-state index contributed by atoms with van der Waals surface area (Å²) in [5.41, 5.74) is -0.350. The molecule has 102 valence electrons. The number of rotatable bonds is 4. The minimum Gasteiger partial charge on any atom is -0.396 e. The van der Waals surface area contributed by atoms with Crippen LogP contribution in [0.3, 0.4) is 0 Å². The van der Waals surface area contributed by atoms with Gasteiger partial charge in [-0.05, 0) is 24.6 Å². The number of carbonyl (C=O) groups is 1. The highest BCUT2D eigenvalue weighted by Crippen LogP contribution is 2.42. The second kappa shape index (κ2) is 5.45. The fourth-order valence-corrected chi connectivity index (χ4v) is 2.61. The van der Waals surface area contributed by atoms with Gasteiger partial charge in [-0.15, -0.1) is 0 Å². The largest absolute Gasteiger partial charge is 0.396 e. The Morgan fingerprint density at radius 3 is 2.95 bits per heavy atom. The zero-order valence-corrected chi connectivity index (χ0v) is 12.1. The molecule has 1 heterocycles. The van der Waals surface area contributed by atoms with Crippen LogP contribution in [0.1, 0.15) is 18.9 Å². The van der Waals surface area contributed by atoms with Gasteiger partial charge in [-0.3, -0.25) is 4.79 Å². The standard InChI is InChI=1S/C14H16BrNO3/c1-9(4-2-3-7-17)14(19)11-8-10(15)5-6-12(11)16-13(14)18/h2,4-6,8-9,17,19H,3,7H2,1H3,(H,16,18)/b4-2+/t9-,14+/m0/s1. The van der Waals surface area contributed by atoms with E-state index >= 15 is 0 Å². The van der Waals surface area contributed by atoms with Crippen LogP contribution in [0.5, 0.6) is 0 Å². The van der Waals surface area contributed by atoms with Crippen LogP contribution in [0.2, 0.25) is 0 Å². The summed E-state index contributed by atoms with van der Waals surface area (Å²) in [6.07, 6.45) is 4.03. The lowest BCUT2D eigenvalue weighted by Gasteiger charge is -2.26. The molecular formula is C14H16BrNO3. The first-order valence-corrected chi connectivity index (χ1v) is 6.90. The van der Waals surface area contributed by atoms with E-state index in [4.69, 9.17) is 5.11 Å². The summed E-state index contributed by atoms with van der Waals surface area (Å²) < 4.78 is 0.813. The highest BCUT2D eigenvalue weighted by atomic mass is 79.9. The van der Waals surface area contributed by atoms with Gasteiger partial charge in [0, 0.05) is 28.2 Å². The number of hydrogen-bond acceptors (Lipinski definition) is 3. The maximum atomic E-state index is 12.1. The second-order valence-corrected chi connectivity index (χ2v) is 5.56. The Bertz CT molecular complexity index is 529. The van der Waals surface area contributed by atoms with Crippen molar-refractivity contribution in [2.75, 3.05) is 11.9 Å². The van der Waals surface area contributed by atoms with E-state index in [1.165, 1.54) is 0 Å². The average molecular weight is 326 g/mol. The lowest BCUT2D eigenvalue weighted by molar-refractivity contribution is -0.137. The van der Waals surface area contributed by atoms with Gasteiger partial charge in [0.15, 0.2) is 5.60 Å². The van der Waals surface area contributed by atoms with Crippen LogP contribution >= 0.6 is 15.9 Å². The molecule has 2 rings (SSSR count). The first-order valence-electron chi connectivity index (χ1n) is 6.11. The summed E-state index contributed by atoms with van der Waals surface area (Å²) in [6.45, 7) is 1.83. The third-order valence-corrected chi connectivity index (χ3v) is 3.86. The number of benzene rings is 1. The number of nitrogens with one attached hydrogen (secondary N) is 1. The second-order valence-electron chi connectivity index (χ2n) is 4.64. The molecule has 4 nitrogen and oxygen atoms in total. The number of fused-ring (bicyclic) bond motifs is 1. The van der Waals surface area contributed by atoms with E-state index in [9.17, 15) is 9.90 Å². The van der Waals surface area contributed by atoms with Crippen LogP contribution in [0.15, 0.2) is 34.8 Å². The fraction of sp³-hybridized carbons (Fsp3) is 0.357. The minimum atomic E-state index is -1.56. The Hall–Kier alpha value is -1.17. The van der Waals surface area contributed by atoms with Crippen LogP contribution in [0.25, 0.3) is 0 Å². The molecule has 0 fully saturated rings. The van der Waals surface area contributed by atoms with E-state index in [0.717, 1.165) is 4.47 Å². The number of carbonyl (C=O) groups excluding carboxylic acids is 1. The third-order valence-electron chi connectivity index (χ3n) is 3.37. The zero-order valence-electron chi connectivity index (χ0n) is 10.6. The summed E-state index contributed by atoms with van der Waals surface area (Å²) >= 11 is 3.35. The van der Waals surface area contributed by atoms with Gasteiger partial charge in [0.2, 0.25) is 0 Å². The molecule has 5 heteroatoms. The molecule has 0 radical (unpaired) electrons. The third kappa shape index (κ3) is 2.45. The number of amides is 1. The number of anilines is 1. The molecular weight excluding hydrogens is 310 g/mol. The van der Waals surface area contributed by atoms with Crippen molar-refractivity contribution in [3.63, 3.8) is 0 Å². The molecule has 0 unspecified atom stereocenters. The van der Waals surface area contributed by atoms with Crippen molar-refractivity contribution in [2.24, 2.45) is 5.92 Å². The van der Waals surface area contributed by atoms with Gasteiger partial charge in [-0.2, -0.15) is 0 Å². The van der Waals surface area contributed by atoms with Crippen molar-refractivity contribution in [3.05, 3.63) is 40.4 Å². The van der Waals surface area contributed by atoms with Crippen LogP contribution in [0, 0.1) is 5.92 Å². The molecule has 0 bridgehead atoms. The SMILES string of the molecule is C[C@@H](/C=C/CCO)[C@]1(O)C(=O)Nc2ccc(Br)cc21. The van der Waals surface area contributed by atoms with Gasteiger partial charge in [-0.25, -0.2) is 0 Å². The van der Waals surface area contributed by atoms with Crippen LogP contribution in [-0.4, -0.2) is 22.7 Å². The van der Waals surface area contributed by atoms with E-state index in [2.05, 4.69) is 21.2 Å². The predicted octanol–water partition coefficient (Wildman–Crippen LogP) is 2.16. The number of aliphatic hydroxyl groups excluding tert-OH is 1. The summed E-state index contributed by atoms with van der Waals surface area (Å²) in [4.78, 5) is 12.1. The minimum absolute atomic E-state index is 0.0516.